The van der Waals surface area contributed by atoms with Gasteiger partial charge in [0.25, 0.3) is 0 Å². The topological polar surface area (TPSA) is 58.1 Å². The lowest BCUT2D eigenvalue weighted by Gasteiger charge is -2.32. The SMILES string of the molecule is Cl.Cl.O=C(CCC1CCN(Cc2ccccc2)CC1)c1ccc(Nc2ncnc3c2CCC3)cc1. The molecule has 1 saturated heterocycles. The third-order valence-electron chi connectivity index (χ3n) is 7.08. The van der Waals surface area contributed by atoms with Gasteiger partial charge in [-0.05, 0) is 87.4 Å². The molecule has 35 heavy (non-hydrogen) atoms. The average molecular weight is 514 g/mol. The maximum atomic E-state index is 12.8. The predicted molar refractivity (Wildman–Crippen MR) is 146 cm³/mol. The molecule has 2 aromatic carbocycles. The Morgan fingerprint density at radius 2 is 1.69 bits per heavy atom. The molecule has 1 aromatic heterocycles. The molecular weight excluding hydrogens is 479 g/mol. The first kappa shape index (κ1) is 27.1. The number of piperidine rings is 1. The number of ketones is 1. The van der Waals surface area contributed by atoms with Crippen LogP contribution in [0.5, 0.6) is 0 Å². The molecule has 0 amide bonds. The van der Waals surface area contributed by atoms with Crippen molar-refractivity contribution in [1.29, 1.82) is 0 Å². The van der Waals surface area contributed by atoms with Crippen LogP contribution >= 0.6 is 24.8 Å². The van der Waals surface area contributed by atoms with Gasteiger partial charge in [-0.15, -0.1) is 24.8 Å². The smallest absolute Gasteiger partial charge is 0.162 e. The summed E-state index contributed by atoms with van der Waals surface area (Å²) in [4.78, 5) is 24.1. The molecule has 0 atom stereocenters. The van der Waals surface area contributed by atoms with E-state index in [0.29, 0.717) is 12.3 Å². The second-order valence-electron chi connectivity index (χ2n) is 9.37. The number of nitrogens with zero attached hydrogens (tertiary/aromatic N) is 3. The third-order valence-corrected chi connectivity index (χ3v) is 7.08. The highest BCUT2D eigenvalue weighted by Gasteiger charge is 2.21. The Bertz CT molecular complexity index is 1080. The van der Waals surface area contributed by atoms with Gasteiger partial charge in [-0.2, -0.15) is 0 Å². The molecule has 186 valence electrons. The number of benzene rings is 2. The normalized spacial score (nSPS) is 15.5. The molecule has 0 unspecified atom stereocenters. The van der Waals surface area contributed by atoms with Gasteiger partial charge in [0.15, 0.2) is 5.78 Å². The number of carbonyl (C=O) groups is 1. The van der Waals surface area contributed by atoms with Crippen molar-refractivity contribution >= 4 is 42.1 Å². The lowest BCUT2D eigenvalue weighted by Crippen LogP contribution is -2.33. The monoisotopic (exact) mass is 512 g/mol. The summed E-state index contributed by atoms with van der Waals surface area (Å²) in [6.07, 6.45) is 8.84. The van der Waals surface area contributed by atoms with Crippen LogP contribution in [0.15, 0.2) is 60.9 Å². The van der Waals surface area contributed by atoms with Gasteiger partial charge in [0, 0.05) is 35.5 Å². The van der Waals surface area contributed by atoms with Crippen molar-refractivity contribution < 1.29 is 4.79 Å². The van der Waals surface area contributed by atoms with Gasteiger partial charge in [0.1, 0.15) is 12.1 Å². The zero-order chi connectivity index (χ0) is 22.5. The molecule has 5 rings (SSSR count). The Kier molecular flexibility index (Phi) is 10.1. The van der Waals surface area contributed by atoms with Gasteiger partial charge in [0.2, 0.25) is 0 Å². The van der Waals surface area contributed by atoms with E-state index in [1.807, 2.05) is 24.3 Å². The quantitative estimate of drug-likeness (QED) is 0.352. The van der Waals surface area contributed by atoms with E-state index in [0.717, 1.165) is 68.1 Å². The second kappa shape index (κ2) is 13.0. The lowest BCUT2D eigenvalue weighted by atomic mass is 9.90. The molecular formula is C28H34Cl2N4O. The molecule has 1 aliphatic carbocycles. The lowest BCUT2D eigenvalue weighted by molar-refractivity contribution is 0.0961. The van der Waals surface area contributed by atoms with E-state index in [1.54, 1.807) is 6.33 Å². The van der Waals surface area contributed by atoms with E-state index in [4.69, 9.17) is 0 Å². The molecule has 7 heteroatoms. The van der Waals surface area contributed by atoms with E-state index in [2.05, 4.69) is 50.5 Å². The number of anilines is 2. The summed E-state index contributed by atoms with van der Waals surface area (Å²) < 4.78 is 0. The van der Waals surface area contributed by atoms with Crippen molar-refractivity contribution in [2.24, 2.45) is 5.92 Å². The number of Topliss-reactive ketones (excluding diaryl/α,β-unsaturated/α-hetero) is 1. The number of hydrogen-bond donors (Lipinski definition) is 1. The molecule has 2 aliphatic rings. The zero-order valence-corrected chi connectivity index (χ0v) is 21.6. The molecule has 0 saturated carbocycles. The number of fused-ring (bicyclic) bond motifs is 1. The Hall–Kier alpha value is -2.47. The molecule has 0 spiro atoms. The van der Waals surface area contributed by atoms with Crippen LogP contribution in [-0.4, -0.2) is 33.7 Å². The summed E-state index contributed by atoms with van der Waals surface area (Å²) in [6, 6.07) is 18.5. The Morgan fingerprint density at radius 1 is 0.943 bits per heavy atom. The maximum Gasteiger partial charge on any atom is 0.162 e. The van der Waals surface area contributed by atoms with Gasteiger partial charge >= 0.3 is 0 Å². The largest absolute Gasteiger partial charge is 0.340 e. The molecule has 1 N–H and O–H groups in total. The van der Waals surface area contributed by atoms with Crippen LogP contribution in [0, 0.1) is 5.92 Å². The summed E-state index contributed by atoms with van der Waals surface area (Å²) in [5, 5.41) is 3.41. The maximum absolute atomic E-state index is 12.8. The summed E-state index contributed by atoms with van der Waals surface area (Å²) >= 11 is 0. The summed E-state index contributed by atoms with van der Waals surface area (Å²) in [7, 11) is 0. The molecule has 0 radical (unpaired) electrons. The van der Waals surface area contributed by atoms with E-state index in [1.165, 1.54) is 24.0 Å². The van der Waals surface area contributed by atoms with Crippen molar-refractivity contribution in [3.8, 4) is 0 Å². The van der Waals surface area contributed by atoms with E-state index >= 15 is 0 Å². The Labute approximate surface area is 220 Å². The number of hydrogen-bond acceptors (Lipinski definition) is 5. The number of aromatic nitrogens is 2. The molecule has 5 nitrogen and oxygen atoms in total. The highest BCUT2D eigenvalue weighted by Crippen LogP contribution is 2.28. The fraction of sp³-hybridized carbons (Fsp3) is 0.393. The summed E-state index contributed by atoms with van der Waals surface area (Å²) in [5.41, 5.74) is 5.53. The number of rotatable bonds is 8. The van der Waals surface area contributed by atoms with E-state index in [9.17, 15) is 4.79 Å². The van der Waals surface area contributed by atoms with Gasteiger partial charge in [-0.3, -0.25) is 9.69 Å². The molecule has 3 aromatic rings. The van der Waals surface area contributed by atoms with Gasteiger partial charge in [-0.25, -0.2) is 9.97 Å². The number of halogens is 2. The van der Waals surface area contributed by atoms with Crippen LogP contribution < -0.4 is 5.32 Å². The van der Waals surface area contributed by atoms with Gasteiger partial charge in [0.05, 0.1) is 0 Å². The van der Waals surface area contributed by atoms with Crippen LogP contribution in [0.4, 0.5) is 11.5 Å². The molecule has 1 aliphatic heterocycles. The van der Waals surface area contributed by atoms with Crippen LogP contribution in [0.3, 0.4) is 0 Å². The van der Waals surface area contributed by atoms with E-state index in [-0.39, 0.29) is 30.6 Å². The zero-order valence-electron chi connectivity index (χ0n) is 20.0. The molecule has 0 bridgehead atoms. The number of nitrogens with one attached hydrogen (secondary N) is 1. The minimum Gasteiger partial charge on any atom is -0.340 e. The summed E-state index contributed by atoms with van der Waals surface area (Å²) in [6.45, 7) is 3.28. The van der Waals surface area contributed by atoms with Crippen LogP contribution in [-0.2, 0) is 19.4 Å². The fourth-order valence-corrected chi connectivity index (χ4v) is 5.10. The van der Waals surface area contributed by atoms with Crippen LogP contribution in [0.25, 0.3) is 0 Å². The average Bonchev–Trinajstić information content (AvgIpc) is 3.35. The van der Waals surface area contributed by atoms with Crippen molar-refractivity contribution in [2.75, 3.05) is 18.4 Å². The summed E-state index contributed by atoms with van der Waals surface area (Å²) in [5.74, 6) is 1.80. The standard InChI is InChI=1S/C28H32N4O.2ClH/c33-27(14-9-21-15-17-32(18-16-21)19-22-5-2-1-3-6-22)23-10-12-24(13-11-23)31-28-25-7-4-8-26(25)29-20-30-28;;/h1-3,5-6,10-13,20-21H,4,7-9,14-19H2,(H,29,30,31);2*1H. The Morgan fingerprint density at radius 3 is 2.43 bits per heavy atom. The van der Waals surface area contributed by atoms with Gasteiger partial charge < -0.3 is 5.32 Å². The highest BCUT2D eigenvalue weighted by molar-refractivity contribution is 5.96. The first-order valence-corrected chi connectivity index (χ1v) is 12.2. The minimum absolute atomic E-state index is 0. The van der Waals surface area contributed by atoms with Gasteiger partial charge in [-0.1, -0.05) is 30.3 Å². The van der Waals surface area contributed by atoms with Crippen molar-refractivity contribution in [2.45, 2.75) is 51.5 Å². The molecule has 1 fully saturated rings. The number of aryl methyl sites for hydroxylation is 1. The first-order chi connectivity index (χ1) is 16.2. The van der Waals surface area contributed by atoms with Crippen LogP contribution in [0.1, 0.15) is 59.3 Å². The van der Waals surface area contributed by atoms with Crippen molar-refractivity contribution in [3.05, 3.63) is 83.3 Å². The van der Waals surface area contributed by atoms with E-state index < -0.39 is 0 Å². The fourth-order valence-electron chi connectivity index (χ4n) is 5.10. The number of likely N-dealkylation sites (tertiary alicyclic amines) is 1. The minimum atomic E-state index is 0. The first-order valence-electron chi connectivity index (χ1n) is 12.2. The predicted octanol–water partition coefficient (Wildman–Crippen LogP) is 6.43. The van der Waals surface area contributed by atoms with Crippen molar-refractivity contribution in [1.82, 2.24) is 14.9 Å². The van der Waals surface area contributed by atoms with Crippen molar-refractivity contribution in [3.63, 3.8) is 0 Å². The highest BCUT2D eigenvalue weighted by atomic mass is 35.5. The third kappa shape index (κ3) is 7.03. The second-order valence-corrected chi connectivity index (χ2v) is 9.37. The molecule has 2 heterocycles. The van der Waals surface area contributed by atoms with Crippen LogP contribution in [0.2, 0.25) is 0 Å². The Balaban J connectivity index is 0.00000171. The number of carbonyl (C=O) groups excluding carboxylic acids is 1.